The van der Waals surface area contributed by atoms with Crippen molar-refractivity contribution < 1.29 is 19.2 Å². The molecule has 2 aromatic rings. The summed E-state index contributed by atoms with van der Waals surface area (Å²) < 4.78 is 0. The van der Waals surface area contributed by atoms with Crippen molar-refractivity contribution in [2.24, 2.45) is 23.7 Å². The van der Waals surface area contributed by atoms with Crippen LogP contribution in [-0.4, -0.2) is 40.1 Å². The summed E-state index contributed by atoms with van der Waals surface area (Å²) >= 11 is 18.0. The van der Waals surface area contributed by atoms with Crippen molar-refractivity contribution in [3.63, 3.8) is 0 Å². The van der Waals surface area contributed by atoms with Gasteiger partial charge in [-0.15, -0.1) is 0 Å². The van der Waals surface area contributed by atoms with E-state index in [9.17, 15) is 19.2 Å². The number of hydrogen-bond donors (Lipinski definition) is 0. The average molecular weight is 504 g/mol. The normalized spacial score (nSPS) is 25.0. The minimum atomic E-state index is -0.696. The molecule has 1 saturated carbocycles. The molecule has 0 radical (unpaired) electrons. The van der Waals surface area contributed by atoms with E-state index in [4.69, 9.17) is 34.8 Å². The summed E-state index contributed by atoms with van der Waals surface area (Å²) in [5, 5.41) is 2.64. The number of ketones is 1. The zero-order chi connectivity index (χ0) is 23.4. The maximum absolute atomic E-state index is 13.5. The zero-order valence-corrected chi connectivity index (χ0v) is 19.3. The molecule has 2 aromatic carbocycles. The maximum Gasteiger partial charge on any atom is 0.273 e. The fourth-order valence-electron chi connectivity index (χ4n) is 5.00. The first-order valence-electron chi connectivity index (χ1n) is 10.4. The third-order valence-electron chi connectivity index (χ3n) is 6.55. The van der Waals surface area contributed by atoms with Crippen LogP contribution in [-0.2, 0) is 9.59 Å². The van der Waals surface area contributed by atoms with E-state index >= 15 is 0 Å². The standard InChI is InChI=1S/C24H17Cl3N2O4/c25-16-6-3-12(4-7-16)19(30)11-28(22(31)15-5-8-17(26)18(27)10-15)29-23(32)20-13-1-2-14(9-13)21(20)24(29)33/h1-8,10,13-14,20-21H,9,11H2/t13-,14-,20+,21+/m0/s1. The van der Waals surface area contributed by atoms with Crippen LogP contribution in [0.5, 0.6) is 0 Å². The summed E-state index contributed by atoms with van der Waals surface area (Å²) in [6.45, 7) is -0.500. The van der Waals surface area contributed by atoms with Crippen molar-refractivity contribution in [2.75, 3.05) is 6.54 Å². The van der Waals surface area contributed by atoms with Crippen molar-refractivity contribution >= 4 is 58.3 Å². The molecule has 0 N–H and O–H groups in total. The van der Waals surface area contributed by atoms with Crippen LogP contribution in [0.1, 0.15) is 27.1 Å². The molecule has 2 bridgehead atoms. The Hall–Kier alpha value is -2.67. The minimum Gasteiger partial charge on any atom is -0.292 e. The maximum atomic E-state index is 13.5. The Labute approximate surface area is 204 Å². The summed E-state index contributed by atoms with van der Waals surface area (Å²) in [6.07, 6.45) is 4.68. The Morgan fingerprint density at radius 3 is 2.00 bits per heavy atom. The lowest BCUT2D eigenvalue weighted by Crippen LogP contribution is -2.52. The highest BCUT2D eigenvalue weighted by atomic mass is 35.5. The first-order valence-corrected chi connectivity index (χ1v) is 11.5. The van der Waals surface area contributed by atoms with Crippen LogP contribution >= 0.6 is 34.8 Å². The monoisotopic (exact) mass is 502 g/mol. The third kappa shape index (κ3) is 3.66. The molecule has 9 heteroatoms. The van der Waals surface area contributed by atoms with Crippen LogP contribution in [0.15, 0.2) is 54.6 Å². The Kier molecular flexibility index (Phi) is 5.55. The number of carbonyl (C=O) groups is 4. The molecule has 1 aliphatic heterocycles. The van der Waals surface area contributed by atoms with Crippen molar-refractivity contribution in [1.29, 1.82) is 0 Å². The lowest BCUT2D eigenvalue weighted by Gasteiger charge is -2.31. The second-order valence-electron chi connectivity index (χ2n) is 8.41. The summed E-state index contributed by atoms with van der Waals surface area (Å²) in [5.74, 6) is -3.15. The summed E-state index contributed by atoms with van der Waals surface area (Å²) in [7, 11) is 0. The fraction of sp³-hybridized carbons (Fsp3) is 0.250. The molecule has 168 valence electrons. The zero-order valence-electron chi connectivity index (χ0n) is 17.1. The van der Waals surface area contributed by atoms with E-state index in [0.717, 1.165) is 16.4 Å². The molecule has 4 atom stereocenters. The van der Waals surface area contributed by atoms with Gasteiger partial charge in [-0.25, -0.2) is 5.01 Å². The number of allylic oxidation sites excluding steroid dienone is 2. The molecule has 0 unspecified atom stereocenters. The lowest BCUT2D eigenvalue weighted by molar-refractivity contribution is -0.154. The highest BCUT2D eigenvalue weighted by molar-refractivity contribution is 6.42. The molecule has 1 heterocycles. The van der Waals surface area contributed by atoms with Gasteiger partial charge in [-0.05, 0) is 60.7 Å². The van der Waals surface area contributed by atoms with Gasteiger partial charge in [0.1, 0.15) is 6.54 Å². The first-order chi connectivity index (χ1) is 15.8. The van der Waals surface area contributed by atoms with Crippen LogP contribution in [0.25, 0.3) is 0 Å². The number of imide groups is 1. The van der Waals surface area contributed by atoms with E-state index in [1.807, 2.05) is 12.2 Å². The van der Waals surface area contributed by atoms with Crippen LogP contribution in [0.3, 0.4) is 0 Å². The molecule has 1 saturated heterocycles. The first kappa shape index (κ1) is 22.1. The quantitative estimate of drug-likeness (QED) is 0.337. The summed E-state index contributed by atoms with van der Waals surface area (Å²) in [6, 6.07) is 10.4. The Morgan fingerprint density at radius 1 is 0.848 bits per heavy atom. The van der Waals surface area contributed by atoms with Gasteiger partial charge in [0, 0.05) is 16.1 Å². The number of rotatable bonds is 5. The molecule has 0 spiro atoms. The second-order valence-corrected chi connectivity index (χ2v) is 9.66. The van der Waals surface area contributed by atoms with E-state index in [1.165, 1.54) is 30.3 Å². The van der Waals surface area contributed by atoms with Crippen molar-refractivity contribution in [3.05, 3.63) is 80.8 Å². The van der Waals surface area contributed by atoms with E-state index in [0.29, 0.717) is 10.6 Å². The van der Waals surface area contributed by atoms with Gasteiger partial charge in [-0.3, -0.25) is 19.2 Å². The Balaban J connectivity index is 1.51. The summed E-state index contributed by atoms with van der Waals surface area (Å²) in [5.41, 5.74) is 0.402. The number of amides is 3. The fourth-order valence-corrected chi connectivity index (χ4v) is 5.42. The second kappa shape index (κ2) is 8.28. The largest absolute Gasteiger partial charge is 0.292 e. The molecular weight excluding hydrogens is 487 g/mol. The van der Waals surface area contributed by atoms with E-state index < -0.39 is 41.9 Å². The van der Waals surface area contributed by atoms with Gasteiger partial charge in [0.05, 0.1) is 21.9 Å². The predicted molar refractivity (Wildman–Crippen MR) is 123 cm³/mol. The molecular formula is C24H17Cl3N2O4. The smallest absolute Gasteiger partial charge is 0.273 e. The number of Topliss-reactive ketones (excluding diaryl/α,β-unsaturated/α-hetero) is 1. The molecule has 6 nitrogen and oxygen atoms in total. The Morgan fingerprint density at radius 2 is 1.42 bits per heavy atom. The number of carbonyl (C=O) groups excluding carboxylic acids is 4. The van der Waals surface area contributed by atoms with Gasteiger partial charge in [0.25, 0.3) is 17.7 Å². The molecule has 5 rings (SSSR count). The highest BCUT2D eigenvalue weighted by Gasteiger charge is 2.61. The predicted octanol–water partition coefficient (Wildman–Crippen LogP) is 4.69. The number of fused-ring (bicyclic) bond motifs is 5. The lowest BCUT2D eigenvalue weighted by atomic mass is 9.85. The van der Waals surface area contributed by atoms with Crippen LogP contribution in [0.2, 0.25) is 15.1 Å². The molecule has 3 aliphatic rings. The number of hydrazine groups is 1. The number of benzene rings is 2. The SMILES string of the molecule is O=C(CN(C(=O)c1ccc(Cl)c(Cl)c1)N1C(=O)[C@H]2[C@H](C1=O)[C@H]1C=C[C@H]2C1)c1ccc(Cl)cc1. The summed E-state index contributed by atoms with van der Waals surface area (Å²) in [4.78, 5) is 53.2. The minimum absolute atomic E-state index is 0.0321. The number of halogens is 3. The van der Waals surface area contributed by atoms with E-state index in [1.54, 1.807) is 12.1 Å². The molecule has 2 fully saturated rings. The van der Waals surface area contributed by atoms with Gasteiger partial charge >= 0.3 is 0 Å². The molecule has 2 aliphatic carbocycles. The van der Waals surface area contributed by atoms with Crippen LogP contribution in [0, 0.1) is 23.7 Å². The van der Waals surface area contributed by atoms with Crippen molar-refractivity contribution in [2.45, 2.75) is 6.42 Å². The third-order valence-corrected chi connectivity index (χ3v) is 7.54. The number of nitrogens with zero attached hydrogens (tertiary/aromatic N) is 2. The molecule has 3 amide bonds. The van der Waals surface area contributed by atoms with Crippen molar-refractivity contribution in [1.82, 2.24) is 10.0 Å². The van der Waals surface area contributed by atoms with Crippen LogP contribution in [0.4, 0.5) is 0 Å². The van der Waals surface area contributed by atoms with Gasteiger partial charge in [0.15, 0.2) is 5.78 Å². The number of hydrogen-bond acceptors (Lipinski definition) is 4. The molecule has 0 aromatic heterocycles. The van der Waals surface area contributed by atoms with E-state index in [2.05, 4.69) is 0 Å². The Bertz CT molecular complexity index is 1200. The topological polar surface area (TPSA) is 74.8 Å². The van der Waals surface area contributed by atoms with Crippen molar-refractivity contribution in [3.8, 4) is 0 Å². The van der Waals surface area contributed by atoms with Gasteiger partial charge in [-0.1, -0.05) is 47.0 Å². The van der Waals surface area contributed by atoms with Crippen LogP contribution < -0.4 is 0 Å². The highest BCUT2D eigenvalue weighted by Crippen LogP contribution is 2.52. The molecule has 33 heavy (non-hydrogen) atoms. The average Bonchev–Trinajstić information content (AvgIpc) is 3.48. The van der Waals surface area contributed by atoms with Gasteiger partial charge in [0.2, 0.25) is 0 Å². The van der Waals surface area contributed by atoms with Gasteiger partial charge in [-0.2, -0.15) is 5.01 Å². The van der Waals surface area contributed by atoms with Gasteiger partial charge < -0.3 is 0 Å². The van der Waals surface area contributed by atoms with E-state index in [-0.39, 0.29) is 27.4 Å².